The quantitative estimate of drug-likeness (QED) is 0.523. The number of thioether (sulfide) groups is 1. The van der Waals surface area contributed by atoms with Gasteiger partial charge in [-0.1, -0.05) is 29.5 Å². The molecule has 0 atom stereocenters. The van der Waals surface area contributed by atoms with Gasteiger partial charge in [-0.3, -0.25) is 4.79 Å². The maximum Gasteiger partial charge on any atom is 0.316 e. The first-order chi connectivity index (χ1) is 11.6. The largest absolute Gasteiger partial charge is 0.465 e. The van der Waals surface area contributed by atoms with Crippen molar-refractivity contribution in [1.29, 1.82) is 0 Å². The summed E-state index contributed by atoms with van der Waals surface area (Å²) in [6.07, 6.45) is 3.51. The molecule has 5 nitrogen and oxygen atoms in total. The molecule has 0 saturated carbocycles. The number of hydrogen-bond donors (Lipinski definition) is 0. The van der Waals surface area contributed by atoms with Gasteiger partial charge in [0, 0.05) is 18.0 Å². The molecule has 3 rings (SSSR count). The summed E-state index contributed by atoms with van der Waals surface area (Å²) in [5.41, 5.74) is 5.28. The molecule has 0 radical (unpaired) electrons. The fourth-order valence-electron chi connectivity index (χ4n) is 2.48. The number of aromatic nitrogens is 3. The lowest BCUT2D eigenvalue weighted by Crippen LogP contribution is -2.06. The van der Waals surface area contributed by atoms with Gasteiger partial charge in [-0.25, -0.2) is 9.50 Å². The standard InChI is InChI=1S/C18H19N3O2S/c1-4-23-17(22)11-24-18-16-10-15(20-21(16)8-7-19-18)14-9-12(2)5-6-13(14)3/h5-10H,4,11H2,1-3H3. The minimum absolute atomic E-state index is 0.236. The highest BCUT2D eigenvalue weighted by atomic mass is 32.2. The molecule has 6 heteroatoms. The van der Waals surface area contributed by atoms with Gasteiger partial charge in [0.15, 0.2) is 0 Å². The van der Waals surface area contributed by atoms with Crippen LogP contribution in [0.1, 0.15) is 18.1 Å². The summed E-state index contributed by atoms with van der Waals surface area (Å²) in [6.45, 7) is 6.34. The number of fused-ring (bicyclic) bond motifs is 1. The van der Waals surface area contributed by atoms with E-state index in [-0.39, 0.29) is 11.7 Å². The fourth-order valence-corrected chi connectivity index (χ4v) is 3.26. The zero-order chi connectivity index (χ0) is 17.1. The number of rotatable bonds is 5. The number of esters is 1. The zero-order valence-electron chi connectivity index (χ0n) is 13.9. The van der Waals surface area contributed by atoms with Crippen LogP contribution in [0.25, 0.3) is 16.8 Å². The predicted molar refractivity (Wildman–Crippen MR) is 95.3 cm³/mol. The minimum Gasteiger partial charge on any atom is -0.465 e. The van der Waals surface area contributed by atoms with E-state index >= 15 is 0 Å². The average molecular weight is 341 g/mol. The summed E-state index contributed by atoms with van der Waals surface area (Å²) in [5.74, 6) is 0.00499. The molecule has 3 aromatic rings. The van der Waals surface area contributed by atoms with Crippen LogP contribution >= 0.6 is 11.8 Å². The van der Waals surface area contributed by atoms with Gasteiger partial charge in [-0.15, -0.1) is 0 Å². The Morgan fingerprint density at radius 2 is 2.12 bits per heavy atom. The molecule has 0 aliphatic rings. The molecule has 0 fully saturated rings. The molecular formula is C18H19N3O2S. The van der Waals surface area contributed by atoms with Crippen LogP contribution in [0.3, 0.4) is 0 Å². The van der Waals surface area contributed by atoms with Crippen LogP contribution in [0.15, 0.2) is 41.7 Å². The zero-order valence-corrected chi connectivity index (χ0v) is 14.8. The molecule has 24 heavy (non-hydrogen) atoms. The van der Waals surface area contributed by atoms with Crippen LogP contribution in [0.2, 0.25) is 0 Å². The van der Waals surface area contributed by atoms with E-state index in [1.54, 1.807) is 17.6 Å². The molecule has 0 N–H and O–H groups in total. The van der Waals surface area contributed by atoms with E-state index in [4.69, 9.17) is 4.74 Å². The van der Waals surface area contributed by atoms with Crippen LogP contribution in [0.4, 0.5) is 0 Å². The minimum atomic E-state index is -0.236. The monoisotopic (exact) mass is 341 g/mol. The van der Waals surface area contributed by atoms with Crippen molar-refractivity contribution >= 4 is 23.2 Å². The van der Waals surface area contributed by atoms with Crippen molar-refractivity contribution in [2.75, 3.05) is 12.4 Å². The maximum atomic E-state index is 11.6. The Bertz CT molecular complexity index is 889. The van der Waals surface area contributed by atoms with E-state index < -0.39 is 0 Å². The van der Waals surface area contributed by atoms with E-state index in [2.05, 4.69) is 42.1 Å². The highest BCUT2D eigenvalue weighted by molar-refractivity contribution is 8.00. The molecule has 0 saturated heterocycles. The number of ether oxygens (including phenoxy) is 1. The molecule has 0 spiro atoms. The second kappa shape index (κ2) is 7.05. The Balaban J connectivity index is 1.95. The molecule has 2 aromatic heterocycles. The molecule has 2 heterocycles. The van der Waals surface area contributed by atoms with Crippen molar-refractivity contribution in [1.82, 2.24) is 14.6 Å². The molecule has 124 valence electrons. The van der Waals surface area contributed by atoms with E-state index in [1.165, 1.54) is 22.9 Å². The number of hydrogen-bond acceptors (Lipinski definition) is 5. The smallest absolute Gasteiger partial charge is 0.316 e. The third kappa shape index (κ3) is 3.43. The lowest BCUT2D eigenvalue weighted by Gasteiger charge is -2.03. The third-order valence-electron chi connectivity index (χ3n) is 3.66. The average Bonchev–Trinajstić information content (AvgIpc) is 3.00. The topological polar surface area (TPSA) is 56.5 Å². The molecule has 0 aliphatic carbocycles. The summed E-state index contributed by atoms with van der Waals surface area (Å²) in [6, 6.07) is 8.35. The van der Waals surface area contributed by atoms with Crippen molar-refractivity contribution in [2.24, 2.45) is 0 Å². The van der Waals surface area contributed by atoms with E-state index in [0.717, 1.165) is 21.8 Å². The van der Waals surface area contributed by atoms with E-state index in [9.17, 15) is 4.79 Å². The second-order valence-corrected chi connectivity index (χ2v) is 6.47. The number of nitrogens with zero attached hydrogens (tertiary/aromatic N) is 3. The molecule has 0 aliphatic heterocycles. The van der Waals surface area contributed by atoms with Crippen molar-refractivity contribution in [2.45, 2.75) is 25.8 Å². The van der Waals surface area contributed by atoms with Crippen LogP contribution in [-0.2, 0) is 9.53 Å². The SMILES string of the molecule is CCOC(=O)CSc1nccn2nc(-c3cc(C)ccc3C)cc12. The van der Waals surface area contributed by atoms with Gasteiger partial charge in [-0.2, -0.15) is 5.10 Å². The van der Waals surface area contributed by atoms with Crippen molar-refractivity contribution in [3.63, 3.8) is 0 Å². The highest BCUT2D eigenvalue weighted by Gasteiger charge is 2.13. The van der Waals surface area contributed by atoms with Crippen molar-refractivity contribution in [3.05, 3.63) is 47.8 Å². The van der Waals surface area contributed by atoms with Crippen molar-refractivity contribution in [3.8, 4) is 11.3 Å². The Labute approximate surface area is 145 Å². The van der Waals surface area contributed by atoms with Crippen LogP contribution < -0.4 is 0 Å². The molecule has 0 unspecified atom stereocenters. The Morgan fingerprint density at radius 1 is 1.29 bits per heavy atom. The van der Waals surface area contributed by atoms with Crippen LogP contribution in [-0.4, -0.2) is 32.9 Å². The van der Waals surface area contributed by atoms with Crippen LogP contribution in [0.5, 0.6) is 0 Å². The molecular weight excluding hydrogens is 322 g/mol. The lowest BCUT2D eigenvalue weighted by atomic mass is 10.0. The summed E-state index contributed by atoms with van der Waals surface area (Å²) in [7, 11) is 0. The van der Waals surface area contributed by atoms with E-state index in [0.29, 0.717) is 6.61 Å². The summed E-state index contributed by atoms with van der Waals surface area (Å²) < 4.78 is 6.77. The second-order valence-electron chi connectivity index (χ2n) is 5.50. The van der Waals surface area contributed by atoms with Crippen LogP contribution in [0, 0.1) is 13.8 Å². The normalized spacial score (nSPS) is 11.0. The van der Waals surface area contributed by atoms with Crippen molar-refractivity contribution < 1.29 is 9.53 Å². The van der Waals surface area contributed by atoms with Gasteiger partial charge in [0.1, 0.15) is 5.03 Å². The number of carbonyl (C=O) groups excluding carboxylic acids is 1. The fraction of sp³-hybridized carbons (Fsp3) is 0.278. The highest BCUT2D eigenvalue weighted by Crippen LogP contribution is 2.28. The summed E-state index contributed by atoms with van der Waals surface area (Å²) in [4.78, 5) is 15.9. The van der Waals surface area contributed by atoms with Gasteiger partial charge in [0.05, 0.1) is 23.6 Å². The first-order valence-corrected chi connectivity index (χ1v) is 8.77. The number of benzene rings is 1. The summed E-state index contributed by atoms with van der Waals surface area (Å²) >= 11 is 1.37. The molecule has 1 aromatic carbocycles. The molecule has 0 amide bonds. The Morgan fingerprint density at radius 3 is 2.92 bits per heavy atom. The Kier molecular flexibility index (Phi) is 4.85. The maximum absolute atomic E-state index is 11.6. The van der Waals surface area contributed by atoms with Gasteiger partial charge < -0.3 is 4.74 Å². The number of carbonyl (C=O) groups is 1. The molecule has 0 bridgehead atoms. The summed E-state index contributed by atoms with van der Waals surface area (Å²) in [5, 5.41) is 5.43. The van der Waals surface area contributed by atoms with E-state index in [1.807, 2.05) is 12.3 Å². The van der Waals surface area contributed by atoms with Gasteiger partial charge in [0.2, 0.25) is 0 Å². The number of aryl methyl sites for hydroxylation is 2. The first-order valence-electron chi connectivity index (χ1n) is 7.79. The Hall–Kier alpha value is -2.34. The van der Waals surface area contributed by atoms with Gasteiger partial charge in [-0.05, 0) is 38.5 Å². The first kappa shape index (κ1) is 16.5. The predicted octanol–water partition coefficient (Wildman–Crippen LogP) is 3.67. The van der Waals surface area contributed by atoms with Gasteiger partial charge >= 0.3 is 5.97 Å². The lowest BCUT2D eigenvalue weighted by molar-refractivity contribution is -0.139. The van der Waals surface area contributed by atoms with Gasteiger partial charge in [0.25, 0.3) is 0 Å². The third-order valence-corrected chi connectivity index (χ3v) is 4.62.